The van der Waals surface area contributed by atoms with E-state index < -0.39 is 24.5 Å². The first-order valence-electron chi connectivity index (χ1n) is 8.45. The highest BCUT2D eigenvalue weighted by Gasteiger charge is 2.18. The fourth-order valence-electron chi connectivity index (χ4n) is 2.35. The first-order chi connectivity index (χ1) is 13.5. The average molecular weight is 387 g/mol. The van der Waals surface area contributed by atoms with E-state index in [4.69, 9.17) is 18.9 Å². The molecule has 2 aromatic carbocycles. The van der Waals surface area contributed by atoms with Crippen LogP contribution in [0.5, 0.6) is 11.5 Å². The minimum absolute atomic E-state index is 0.126. The van der Waals surface area contributed by atoms with E-state index in [1.54, 1.807) is 37.3 Å². The van der Waals surface area contributed by atoms with Crippen molar-refractivity contribution in [2.75, 3.05) is 32.8 Å². The molecule has 0 spiro atoms. The quantitative estimate of drug-likeness (QED) is 0.695. The van der Waals surface area contributed by atoms with E-state index in [2.05, 4.69) is 5.32 Å². The highest BCUT2D eigenvalue weighted by Crippen LogP contribution is 2.24. The Morgan fingerprint density at radius 1 is 0.893 bits per heavy atom. The number of rotatable bonds is 8. The van der Waals surface area contributed by atoms with Gasteiger partial charge in [0.05, 0.1) is 32.1 Å². The summed E-state index contributed by atoms with van der Waals surface area (Å²) in [7, 11) is 2.88. The predicted octanol–water partition coefficient (Wildman–Crippen LogP) is 2.68. The summed E-state index contributed by atoms with van der Waals surface area (Å²) in [5.41, 5.74) is 0.598. The zero-order valence-electron chi connectivity index (χ0n) is 15.8. The van der Waals surface area contributed by atoms with Crippen LogP contribution in [0.15, 0.2) is 42.5 Å². The van der Waals surface area contributed by atoms with Crippen molar-refractivity contribution in [1.29, 1.82) is 0 Å². The van der Waals surface area contributed by atoms with Crippen LogP contribution in [0.4, 0.5) is 5.69 Å². The van der Waals surface area contributed by atoms with E-state index in [1.807, 2.05) is 0 Å². The third-order valence-electron chi connectivity index (χ3n) is 3.66. The molecule has 28 heavy (non-hydrogen) atoms. The minimum atomic E-state index is -0.746. The van der Waals surface area contributed by atoms with Crippen molar-refractivity contribution in [3.63, 3.8) is 0 Å². The number of anilines is 1. The van der Waals surface area contributed by atoms with Crippen LogP contribution in [0.2, 0.25) is 0 Å². The maximum atomic E-state index is 12.3. The van der Waals surface area contributed by atoms with Gasteiger partial charge in [-0.1, -0.05) is 12.1 Å². The molecule has 0 aromatic heterocycles. The van der Waals surface area contributed by atoms with E-state index in [1.165, 1.54) is 26.4 Å². The predicted molar refractivity (Wildman–Crippen MR) is 101 cm³/mol. The fourth-order valence-corrected chi connectivity index (χ4v) is 2.35. The van der Waals surface area contributed by atoms with Crippen LogP contribution < -0.4 is 14.8 Å². The van der Waals surface area contributed by atoms with E-state index >= 15 is 0 Å². The number of hydrogen-bond donors (Lipinski definition) is 1. The van der Waals surface area contributed by atoms with Crippen molar-refractivity contribution in [2.45, 2.75) is 6.92 Å². The molecule has 0 unspecified atom stereocenters. The lowest BCUT2D eigenvalue weighted by molar-refractivity contribution is -0.119. The molecule has 1 amide bonds. The molecule has 0 saturated carbocycles. The molecule has 0 atom stereocenters. The SMILES string of the molecule is CCOC(=O)c1ccccc1NC(=O)COC(=O)c1cc(OC)ccc1OC. The molecule has 0 aliphatic rings. The summed E-state index contributed by atoms with van der Waals surface area (Å²) in [6.45, 7) is 1.35. The maximum Gasteiger partial charge on any atom is 0.342 e. The van der Waals surface area contributed by atoms with Crippen molar-refractivity contribution in [3.8, 4) is 11.5 Å². The molecule has 8 nitrogen and oxygen atoms in total. The zero-order valence-corrected chi connectivity index (χ0v) is 15.8. The van der Waals surface area contributed by atoms with Gasteiger partial charge in [-0.2, -0.15) is 0 Å². The molecule has 148 valence electrons. The molecule has 1 N–H and O–H groups in total. The first-order valence-corrected chi connectivity index (χ1v) is 8.45. The van der Waals surface area contributed by atoms with E-state index in [0.717, 1.165) is 0 Å². The zero-order chi connectivity index (χ0) is 20.5. The Morgan fingerprint density at radius 2 is 1.61 bits per heavy atom. The lowest BCUT2D eigenvalue weighted by Crippen LogP contribution is -2.22. The molecule has 2 rings (SSSR count). The summed E-state index contributed by atoms with van der Waals surface area (Å²) in [4.78, 5) is 36.4. The molecule has 8 heteroatoms. The summed E-state index contributed by atoms with van der Waals surface area (Å²) in [6, 6.07) is 11.0. The van der Waals surface area contributed by atoms with Crippen molar-refractivity contribution >= 4 is 23.5 Å². The van der Waals surface area contributed by atoms with Crippen LogP contribution in [0.25, 0.3) is 0 Å². The number of esters is 2. The average Bonchev–Trinajstić information content (AvgIpc) is 2.72. The number of benzene rings is 2. The summed E-state index contributed by atoms with van der Waals surface area (Å²) in [6.07, 6.45) is 0. The van der Waals surface area contributed by atoms with Gasteiger partial charge in [-0.15, -0.1) is 0 Å². The molecular formula is C20H21NO7. The fraction of sp³-hybridized carbons (Fsp3) is 0.250. The van der Waals surface area contributed by atoms with Gasteiger partial charge in [0.25, 0.3) is 5.91 Å². The molecule has 0 aliphatic heterocycles. The van der Waals surface area contributed by atoms with Crippen LogP contribution in [0.1, 0.15) is 27.6 Å². The van der Waals surface area contributed by atoms with E-state index in [9.17, 15) is 14.4 Å². The van der Waals surface area contributed by atoms with E-state index in [0.29, 0.717) is 11.5 Å². The monoisotopic (exact) mass is 387 g/mol. The Hall–Kier alpha value is -3.55. The number of amides is 1. The Morgan fingerprint density at radius 3 is 2.29 bits per heavy atom. The van der Waals surface area contributed by atoms with Crippen LogP contribution >= 0.6 is 0 Å². The normalized spacial score (nSPS) is 9.96. The number of carbonyl (C=O) groups is 3. The number of hydrogen-bond acceptors (Lipinski definition) is 7. The number of para-hydroxylation sites is 1. The Kier molecular flexibility index (Phi) is 7.38. The lowest BCUT2D eigenvalue weighted by atomic mass is 10.2. The third-order valence-corrected chi connectivity index (χ3v) is 3.66. The van der Waals surface area contributed by atoms with Crippen molar-refractivity contribution in [1.82, 2.24) is 0 Å². The van der Waals surface area contributed by atoms with Gasteiger partial charge in [0.15, 0.2) is 6.61 Å². The minimum Gasteiger partial charge on any atom is -0.497 e. The van der Waals surface area contributed by atoms with E-state index in [-0.39, 0.29) is 23.4 Å². The van der Waals surface area contributed by atoms with Gasteiger partial charge >= 0.3 is 11.9 Å². The molecule has 0 fully saturated rings. The van der Waals surface area contributed by atoms with Gasteiger partial charge < -0.3 is 24.3 Å². The molecule has 0 bridgehead atoms. The summed E-state index contributed by atoms with van der Waals surface area (Å²) in [5, 5.41) is 2.53. The van der Waals surface area contributed by atoms with Gasteiger partial charge in [-0.25, -0.2) is 9.59 Å². The Bertz CT molecular complexity index is 863. The number of nitrogens with one attached hydrogen (secondary N) is 1. The molecule has 0 aliphatic carbocycles. The second-order valence-corrected chi connectivity index (χ2v) is 5.46. The summed E-state index contributed by atoms with van der Waals surface area (Å²) >= 11 is 0. The Balaban J connectivity index is 2.04. The van der Waals surface area contributed by atoms with Crippen LogP contribution in [-0.2, 0) is 14.3 Å². The van der Waals surface area contributed by atoms with Gasteiger partial charge in [0.1, 0.15) is 17.1 Å². The third kappa shape index (κ3) is 5.23. The number of carbonyl (C=O) groups excluding carboxylic acids is 3. The van der Waals surface area contributed by atoms with Crippen molar-refractivity contribution in [3.05, 3.63) is 53.6 Å². The number of ether oxygens (including phenoxy) is 4. The highest BCUT2D eigenvalue weighted by molar-refractivity contribution is 6.02. The molecule has 2 aromatic rings. The topological polar surface area (TPSA) is 100 Å². The lowest BCUT2D eigenvalue weighted by Gasteiger charge is -2.12. The van der Waals surface area contributed by atoms with Crippen molar-refractivity contribution in [2.24, 2.45) is 0 Å². The largest absolute Gasteiger partial charge is 0.497 e. The summed E-state index contributed by atoms with van der Waals surface area (Å²) < 4.78 is 20.2. The molecular weight excluding hydrogens is 366 g/mol. The van der Waals surface area contributed by atoms with Crippen LogP contribution in [0, 0.1) is 0 Å². The second-order valence-electron chi connectivity index (χ2n) is 5.46. The highest BCUT2D eigenvalue weighted by atomic mass is 16.5. The van der Waals surface area contributed by atoms with Crippen molar-refractivity contribution < 1.29 is 33.3 Å². The smallest absolute Gasteiger partial charge is 0.342 e. The second kappa shape index (κ2) is 9.96. The summed E-state index contributed by atoms with van der Waals surface area (Å²) in [5.74, 6) is -1.17. The standard InChI is InChI=1S/C20H21NO7/c1-4-27-19(23)14-7-5-6-8-16(14)21-18(22)12-28-20(24)15-11-13(25-2)9-10-17(15)26-3/h5-11H,4,12H2,1-3H3,(H,21,22). The van der Waals surface area contributed by atoms with Gasteiger partial charge in [0.2, 0.25) is 0 Å². The molecule has 0 saturated heterocycles. The van der Waals surface area contributed by atoms with Crippen LogP contribution in [-0.4, -0.2) is 45.3 Å². The van der Waals surface area contributed by atoms with Crippen LogP contribution in [0.3, 0.4) is 0 Å². The number of methoxy groups -OCH3 is 2. The van der Waals surface area contributed by atoms with Gasteiger partial charge in [-0.05, 0) is 37.3 Å². The molecule has 0 radical (unpaired) electrons. The molecule has 0 heterocycles. The maximum absolute atomic E-state index is 12.3. The Labute approximate surface area is 162 Å². The first kappa shape index (κ1) is 20.8. The van der Waals surface area contributed by atoms with Gasteiger partial charge in [0, 0.05) is 0 Å². The van der Waals surface area contributed by atoms with Gasteiger partial charge in [-0.3, -0.25) is 4.79 Å².